The second kappa shape index (κ2) is 11.4. The van der Waals surface area contributed by atoms with Crippen molar-refractivity contribution in [2.45, 2.75) is 67.5 Å². The number of quaternary nitrogens is 2. The Hall–Kier alpha value is -2.06. The van der Waals surface area contributed by atoms with E-state index in [1.54, 1.807) is 0 Å². The first-order valence-electron chi connectivity index (χ1n) is 15.0. The molecule has 0 saturated carbocycles. The smallest absolute Gasteiger partial charge is 0.168 e. The van der Waals surface area contributed by atoms with Gasteiger partial charge >= 0.3 is 0 Å². The Balaban J connectivity index is 1.06. The van der Waals surface area contributed by atoms with Gasteiger partial charge < -0.3 is 16.0 Å². The van der Waals surface area contributed by atoms with E-state index in [9.17, 15) is 0 Å². The van der Waals surface area contributed by atoms with Crippen LogP contribution in [0, 0.1) is 11.8 Å². The van der Waals surface area contributed by atoms with E-state index < -0.39 is 0 Å². The topological polar surface area (TPSA) is 69.3 Å². The molecular weight excluding hydrogens is 546 g/mol. The molecule has 0 aromatic carbocycles. The fraction of sp³-hybridized carbons (Fsp3) is 0.455. The molecule has 0 amide bonds. The lowest BCUT2D eigenvalue weighted by atomic mass is 9.77. The van der Waals surface area contributed by atoms with Gasteiger partial charge in [0.15, 0.2) is 12.3 Å². The van der Waals surface area contributed by atoms with Crippen LogP contribution in [0.2, 0.25) is 0 Å². The standard InChI is InChI=1S/C33H40BrN5/c34-28-18-26-16-15-25-17-27(19-35-29(25)30(26)36-20-28)21-11-13-24(14-12-21)33-38-31(22-7-3-1-4-8-22)37-32(39-33)23-9-5-2-6-10-23/h1,3,5,7,9-11,13-18,21,27-33,35-39H,2,4,6,8,12,19-20H2/p+2. The molecule has 0 aromatic rings. The largest absolute Gasteiger partial charge is 0.338 e. The average Bonchev–Trinajstić information content (AvgIpc) is 3.01. The van der Waals surface area contributed by atoms with E-state index in [4.69, 9.17) is 0 Å². The summed E-state index contributed by atoms with van der Waals surface area (Å²) >= 11 is 3.75. The zero-order valence-electron chi connectivity index (χ0n) is 22.6. The number of allylic oxidation sites excluding steroid dienone is 7. The van der Waals surface area contributed by atoms with Crippen molar-refractivity contribution in [2.24, 2.45) is 11.8 Å². The first kappa shape index (κ1) is 25.9. The van der Waals surface area contributed by atoms with E-state index in [1.807, 2.05) is 0 Å². The molecule has 3 heterocycles. The predicted octanol–water partition coefficient (Wildman–Crippen LogP) is 2.50. The number of nitrogens with one attached hydrogen (secondary N) is 3. The lowest BCUT2D eigenvalue weighted by molar-refractivity contribution is -0.725. The maximum Gasteiger partial charge on any atom is 0.168 e. The highest BCUT2D eigenvalue weighted by Gasteiger charge is 2.40. The summed E-state index contributed by atoms with van der Waals surface area (Å²) in [5.74, 6) is 1.15. The summed E-state index contributed by atoms with van der Waals surface area (Å²) in [4.78, 5) is 0.438. The third-order valence-electron chi connectivity index (χ3n) is 9.50. The molecule has 0 spiro atoms. The van der Waals surface area contributed by atoms with Gasteiger partial charge in [0.2, 0.25) is 0 Å². The lowest BCUT2D eigenvalue weighted by Gasteiger charge is -2.40. The average molecular weight is 589 g/mol. The minimum absolute atomic E-state index is 0.181. The highest BCUT2D eigenvalue weighted by molar-refractivity contribution is 9.09. The van der Waals surface area contributed by atoms with Gasteiger partial charge in [-0.2, -0.15) is 0 Å². The zero-order valence-corrected chi connectivity index (χ0v) is 24.2. The first-order chi connectivity index (χ1) is 19.2. The number of halogens is 1. The van der Waals surface area contributed by atoms with Crippen molar-refractivity contribution in [1.82, 2.24) is 16.0 Å². The molecule has 1 fully saturated rings. The minimum Gasteiger partial charge on any atom is -0.338 e. The second-order valence-corrected chi connectivity index (χ2v) is 13.2. The van der Waals surface area contributed by atoms with Crippen molar-refractivity contribution in [3.63, 3.8) is 0 Å². The summed E-state index contributed by atoms with van der Waals surface area (Å²) in [6.45, 7) is 2.17. The molecule has 5 nitrogen and oxygen atoms in total. The maximum absolute atomic E-state index is 3.93. The Kier molecular flexibility index (Phi) is 7.59. The molecule has 8 unspecified atom stereocenters. The number of hydrogen-bond donors (Lipinski definition) is 5. The van der Waals surface area contributed by atoms with Gasteiger partial charge in [-0.3, -0.25) is 0 Å². The molecule has 6 heteroatoms. The van der Waals surface area contributed by atoms with Crippen LogP contribution in [0.25, 0.3) is 0 Å². The highest BCUT2D eigenvalue weighted by Crippen LogP contribution is 2.32. The van der Waals surface area contributed by atoms with Gasteiger partial charge in [0, 0.05) is 34.0 Å². The van der Waals surface area contributed by atoms with Gasteiger partial charge in [-0.15, -0.1) is 0 Å². The fourth-order valence-electron chi connectivity index (χ4n) is 7.35. The van der Waals surface area contributed by atoms with Crippen molar-refractivity contribution < 1.29 is 10.6 Å². The molecule has 0 bridgehead atoms. The summed E-state index contributed by atoms with van der Waals surface area (Å²) in [5.41, 5.74) is 7.24. The van der Waals surface area contributed by atoms with Crippen molar-refractivity contribution in [3.05, 3.63) is 107 Å². The van der Waals surface area contributed by atoms with E-state index in [-0.39, 0.29) is 12.3 Å². The molecule has 1 saturated heterocycles. The fourth-order valence-corrected chi connectivity index (χ4v) is 7.84. The Morgan fingerprint density at radius 3 is 2.56 bits per heavy atom. The second-order valence-electron chi connectivity index (χ2n) is 12.0. The number of hydrogen-bond acceptors (Lipinski definition) is 3. The normalized spacial score (nSPS) is 39.6. The number of fused-ring (bicyclic) bond motifs is 3. The molecule has 7 N–H and O–H groups in total. The molecule has 0 radical (unpaired) electrons. The number of alkyl halides is 1. The molecule has 7 rings (SSSR count). The third kappa shape index (κ3) is 5.48. The lowest BCUT2D eigenvalue weighted by Crippen LogP contribution is -3.05. The van der Waals surface area contributed by atoms with Crippen molar-refractivity contribution in [1.29, 1.82) is 0 Å². The number of nitrogens with two attached hydrogens (primary N) is 2. The first-order valence-corrected chi connectivity index (χ1v) is 15.9. The van der Waals surface area contributed by atoms with Crippen molar-refractivity contribution in [3.8, 4) is 0 Å². The summed E-state index contributed by atoms with van der Waals surface area (Å²) in [7, 11) is 0. The molecule has 7 aliphatic rings. The Labute approximate surface area is 241 Å². The van der Waals surface area contributed by atoms with Gasteiger partial charge in [0.05, 0.1) is 18.8 Å². The van der Waals surface area contributed by atoms with Gasteiger partial charge in [-0.1, -0.05) is 94.9 Å². The van der Waals surface area contributed by atoms with E-state index in [0.29, 0.717) is 34.9 Å². The van der Waals surface area contributed by atoms with Crippen LogP contribution in [0.4, 0.5) is 0 Å². The molecule has 204 valence electrons. The van der Waals surface area contributed by atoms with Crippen molar-refractivity contribution in [2.75, 3.05) is 13.1 Å². The number of rotatable bonds is 4. The van der Waals surface area contributed by atoms with Crippen LogP contribution in [0.3, 0.4) is 0 Å². The summed E-state index contributed by atoms with van der Waals surface area (Å²) in [5, 5.41) is 16.7. The van der Waals surface area contributed by atoms with E-state index in [2.05, 4.69) is 122 Å². The molecule has 39 heavy (non-hydrogen) atoms. The summed E-state index contributed by atoms with van der Waals surface area (Å²) in [6, 6.07) is 0.946. The van der Waals surface area contributed by atoms with Crippen LogP contribution in [-0.2, 0) is 0 Å². The Bertz CT molecular complexity index is 1250. The maximum atomic E-state index is 3.93. The quantitative estimate of drug-likeness (QED) is 0.328. The van der Waals surface area contributed by atoms with E-state index in [0.717, 1.165) is 45.2 Å². The Morgan fingerprint density at radius 2 is 1.74 bits per heavy atom. The van der Waals surface area contributed by atoms with Crippen LogP contribution in [0.1, 0.15) is 32.1 Å². The predicted molar refractivity (Wildman–Crippen MR) is 162 cm³/mol. The molecule has 3 aliphatic heterocycles. The molecule has 0 aromatic heterocycles. The van der Waals surface area contributed by atoms with E-state index >= 15 is 0 Å². The monoisotopic (exact) mass is 587 g/mol. The van der Waals surface area contributed by atoms with Crippen LogP contribution in [-0.4, -0.2) is 48.5 Å². The summed E-state index contributed by atoms with van der Waals surface area (Å²) < 4.78 is 0. The van der Waals surface area contributed by atoms with E-state index in [1.165, 1.54) is 27.9 Å². The van der Waals surface area contributed by atoms with Gasteiger partial charge in [-0.05, 0) is 49.2 Å². The van der Waals surface area contributed by atoms with Crippen LogP contribution >= 0.6 is 15.9 Å². The zero-order chi connectivity index (χ0) is 26.2. The highest BCUT2D eigenvalue weighted by atomic mass is 79.9. The Morgan fingerprint density at radius 1 is 0.821 bits per heavy atom. The molecular formula is C33H42BrN5+2. The molecule has 8 atom stereocenters. The van der Waals surface area contributed by atoms with Crippen LogP contribution < -0.4 is 26.6 Å². The van der Waals surface area contributed by atoms with Gasteiger partial charge in [0.25, 0.3) is 0 Å². The molecule has 4 aliphatic carbocycles. The van der Waals surface area contributed by atoms with Gasteiger partial charge in [0.1, 0.15) is 6.04 Å². The SMILES string of the molecule is BrC1C=C2C=CC3=CC(C4C=CC(C5NC(C6=CCCC=C6)NC(C6=CC=CCC6)[NH2+]5)=CC4)C[NH2+]C3C2NC1. The minimum atomic E-state index is 0.181. The summed E-state index contributed by atoms with van der Waals surface area (Å²) in [6.07, 6.45) is 37.4. The van der Waals surface area contributed by atoms with Crippen molar-refractivity contribution >= 4 is 15.9 Å². The van der Waals surface area contributed by atoms with Crippen LogP contribution in [0.15, 0.2) is 107 Å². The van der Waals surface area contributed by atoms with Crippen LogP contribution in [0.5, 0.6) is 0 Å². The third-order valence-corrected chi connectivity index (χ3v) is 10.1. The van der Waals surface area contributed by atoms with Gasteiger partial charge in [-0.25, -0.2) is 10.6 Å².